The first-order chi connectivity index (χ1) is 9.11. The highest BCUT2D eigenvalue weighted by atomic mass is 35.5. The molecule has 2 rings (SSSR count). The summed E-state index contributed by atoms with van der Waals surface area (Å²) in [4.78, 5) is 0. The smallest absolute Gasteiger partial charge is 0.163 e. The van der Waals surface area contributed by atoms with Crippen molar-refractivity contribution in [3.8, 4) is 5.75 Å². The zero-order valence-corrected chi connectivity index (χ0v) is 11.0. The lowest BCUT2D eigenvalue weighted by Crippen LogP contribution is -2.04. The normalized spacial score (nSPS) is 10.3. The lowest BCUT2D eigenvalue weighted by atomic mass is 10.2. The van der Waals surface area contributed by atoms with E-state index >= 15 is 0 Å². The molecule has 0 heterocycles. The summed E-state index contributed by atoms with van der Waals surface area (Å²) in [6, 6.07) is 9.12. The Labute approximate surface area is 115 Å². The van der Waals surface area contributed by atoms with Crippen LogP contribution in [0.25, 0.3) is 0 Å². The van der Waals surface area contributed by atoms with Gasteiger partial charge in [0, 0.05) is 17.1 Å². The second kappa shape index (κ2) is 5.89. The predicted molar refractivity (Wildman–Crippen MR) is 71.7 cm³/mol. The van der Waals surface area contributed by atoms with Gasteiger partial charge in [0.2, 0.25) is 0 Å². The standard InChI is InChI=1S/C14H12ClF2NO/c1-19-13-6-5-10(15)7-12(13)18-8-9-3-2-4-11(16)14(9)17/h2-7,18H,8H2,1H3. The Hall–Kier alpha value is -1.81. The van der Waals surface area contributed by atoms with Gasteiger partial charge in [0.05, 0.1) is 12.8 Å². The quantitative estimate of drug-likeness (QED) is 0.906. The highest BCUT2D eigenvalue weighted by Gasteiger charge is 2.09. The molecule has 0 aliphatic heterocycles. The van der Waals surface area contributed by atoms with E-state index in [0.717, 1.165) is 6.07 Å². The average molecular weight is 284 g/mol. The summed E-state index contributed by atoms with van der Waals surface area (Å²) >= 11 is 5.88. The summed E-state index contributed by atoms with van der Waals surface area (Å²) in [5.41, 5.74) is 0.862. The third-order valence-electron chi connectivity index (χ3n) is 2.66. The Morgan fingerprint density at radius 1 is 1.21 bits per heavy atom. The van der Waals surface area contributed by atoms with Crippen LogP contribution in [-0.2, 0) is 6.54 Å². The van der Waals surface area contributed by atoms with Gasteiger partial charge in [-0.15, -0.1) is 0 Å². The average Bonchev–Trinajstić information content (AvgIpc) is 2.40. The lowest BCUT2D eigenvalue weighted by molar-refractivity contribution is 0.416. The predicted octanol–water partition coefficient (Wildman–Crippen LogP) is 4.24. The fraction of sp³-hybridized carbons (Fsp3) is 0.143. The van der Waals surface area contributed by atoms with E-state index in [1.807, 2.05) is 0 Å². The molecule has 0 saturated heterocycles. The van der Waals surface area contributed by atoms with Crippen molar-refractivity contribution in [1.29, 1.82) is 0 Å². The maximum atomic E-state index is 13.5. The molecule has 2 aromatic rings. The maximum absolute atomic E-state index is 13.5. The van der Waals surface area contributed by atoms with Crippen LogP contribution >= 0.6 is 11.6 Å². The molecule has 2 nitrogen and oxygen atoms in total. The van der Waals surface area contributed by atoms with Gasteiger partial charge in [0.1, 0.15) is 5.75 Å². The number of benzene rings is 2. The van der Waals surface area contributed by atoms with Gasteiger partial charge in [-0.25, -0.2) is 8.78 Å². The van der Waals surface area contributed by atoms with Crippen LogP contribution < -0.4 is 10.1 Å². The van der Waals surface area contributed by atoms with E-state index in [1.165, 1.54) is 19.2 Å². The molecule has 0 atom stereocenters. The van der Waals surface area contributed by atoms with E-state index in [9.17, 15) is 8.78 Å². The van der Waals surface area contributed by atoms with Crippen LogP contribution in [0.2, 0.25) is 5.02 Å². The molecule has 0 fully saturated rings. The molecule has 100 valence electrons. The molecule has 5 heteroatoms. The number of halogens is 3. The summed E-state index contributed by atoms with van der Waals surface area (Å²) in [5, 5.41) is 3.50. The van der Waals surface area contributed by atoms with Crippen LogP contribution in [0.3, 0.4) is 0 Å². The Bertz CT molecular complexity index is 590. The minimum absolute atomic E-state index is 0.139. The molecule has 0 unspecified atom stereocenters. The molecule has 0 aromatic heterocycles. The van der Waals surface area contributed by atoms with Crippen LogP contribution in [0.15, 0.2) is 36.4 Å². The molecular formula is C14H12ClF2NO. The zero-order valence-electron chi connectivity index (χ0n) is 10.2. The molecule has 2 aromatic carbocycles. The lowest BCUT2D eigenvalue weighted by Gasteiger charge is -2.12. The zero-order chi connectivity index (χ0) is 13.8. The molecular weight excluding hydrogens is 272 g/mol. The number of rotatable bonds is 4. The Kier molecular flexibility index (Phi) is 4.22. The SMILES string of the molecule is COc1ccc(Cl)cc1NCc1cccc(F)c1F. The van der Waals surface area contributed by atoms with E-state index in [0.29, 0.717) is 16.5 Å². The van der Waals surface area contributed by atoms with E-state index in [2.05, 4.69) is 5.32 Å². The summed E-state index contributed by atoms with van der Waals surface area (Å²) < 4.78 is 31.7. The molecule has 0 radical (unpaired) electrons. The molecule has 0 bridgehead atoms. The van der Waals surface area contributed by atoms with Crippen LogP contribution in [0, 0.1) is 11.6 Å². The first-order valence-corrected chi connectivity index (χ1v) is 6.00. The van der Waals surface area contributed by atoms with E-state index in [1.54, 1.807) is 18.2 Å². The second-order valence-corrected chi connectivity index (χ2v) is 4.35. The van der Waals surface area contributed by atoms with Gasteiger partial charge < -0.3 is 10.1 Å². The van der Waals surface area contributed by atoms with Crippen molar-refractivity contribution in [2.75, 3.05) is 12.4 Å². The number of hydrogen-bond donors (Lipinski definition) is 1. The fourth-order valence-corrected chi connectivity index (χ4v) is 1.87. The van der Waals surface area contributed by atoms with Crippen molar-refractivity contribution in [2.24, 2.45) is 0 Å². The molecule has 0 aliphatic carbocycles. The van der Waals surface area contributed by atoms with Crippen LogP contribution in [0.5, 0.6) is 5.75 Å². The third kappa shape index (κ3) is 3.15. The summed E-state index contributed by atoms with van der Waals surface area (Å²) in [6.07, 6.45) is 0. The molecule has 0 spiro atoms. The van der Waals surface area contributed by atoms with Gasteiger partial charge in [-0.3, -0.25) is 0 Å². The molecule has 19 heavy (non-hydrogen) atoms. The third-order valence-corrected chi connectivity index (χ3v) is 2.90. The largest absolute Gasteiger partial charge is 0.495 e. The van der Waals surface area contributed by atoms with Crippen LogP contribution in [0.1, 0.15) is 5.56 Å². The van der Waals surface area contributed by atoms with E-state index in [4.69, 9.17) is 16.3 Å². The molecule has 0 amide bonds. The number of anilines is 1. The Morgan fingerprint density at radius 3 is 2.74 bits per heavy atom. The minimum Gasteiger partial charge on any atom is -0.495 e. The topological polar surface area (TPSA) is 21.3 Å². The number of nitrogens with one attached hydrogen (secondary N) is 1. The first kappa shape index (κ1) is 13.6. The van der Waals surface area contributed by atoms with Crippen molar-refractivity contribution in [2.45, 2.75) is 6.54 Å². The fourth-order valence-electron chi connectivity index (χ4n) is 1.69. The molecule has 0 saturated carbocycles. The van der Waals surface area contributed by atoms with Crippen molar-refractivity contribution >= 4 is 17.3 Å². The maximum Gasteiger partial charge on any atom is 0.163 e. The summed E-state index contributed by atoms with van der Waals surface area (Å²) in [5.74, 6) is -1.13. The summed E-state index contributed by atoms with van der Waals surface area (Å²) in [6.45, 7) is 0.139. The first-order valence-electron chi connectivity index (χ1n) is 5.62. The van der Waals surface area contributed by atoms with Crippen molar-refractivity contribution in [3.63, 3.8) is 0 Å². The number of hydrogen-bond acceptors (Lipinski definition) is 2. The van der Waals surface area contributed by atoms with Crippen molar-refractivity contribution < 1.29 is 13.5 Å². The summed E-state index contributed by atoms with van der Waals surface area (Å²) in [7, 11) is 1.52. The van der Waals surface area contributed by atoms with Gasteiger partial charge >= 0.3 is 0 Å². The minimum atomic E-state index is -0.864. The molecule has 0 aliphatic rings. The van der Waals surface area contributed by atoms with Gasteiger partial charge in [0.15, 0.2) is 11.6 Å². The monoisotopic (exact) mass is 283 g/mol. The van der Waals surface area contributed by atoms with Gasteiger partial charge in [0.25, 0.3) is 0 Å². The van der Waals surface area contributed by atoms with Crippen molar-refractivity contribution in [3.05, 3.63) is 58.6 Å². The highest BCUT2D eigenvalue weighted by Crippen LogP contribution is 2.28. The number of methoxy groups -OCH3 is 1. The van der Waals surface area contributed by atoms with Crippen molar-refractivity contribution in [1.82, 2.24) is 0 Å². The number of ether oxygens (including phenoxy) is 1. The van der Waals surface area contributed by atoms with E-state index in [-0.39, 0.29) is 12.1 Å². The van der Waals surface area contributed by atoms with Gasteiger partial charge in [-0.05, 0) is 24.3 Å². The Morgan fingerprint density at radius 2 is 2.00 bits per heavy atom. The Balaban J connectivity index is 2.18. The van der Waals surface area contributed by atoms with Crippen LogP contribution in [0.4, 0.5) is 14.5 Å². The second-order valence-electron chi connectivity index (χ2n) is 3.91. The van der Waals surface area contributed by atoms with Gasteiger partial charge in [-0.1, -0.05) is 23.7 Å². The molecule has 1 N–H and O–H groups in total. The van der Waals surface area contributed by atoms with Crippen LogP contribution in [-0.4, -0.2) is 7.11 Å². The highest BCUT2D eigenvalue weighted by molar-refractivity contribution is 6.30. The van der Waals surface area contributed by atoms with Gasteiger partial charge in [-0.2, -0.15) is 0 Å². The van der Waals surface area contributed by atoms with E-state index < -0.39 is 11.6 Å².